The van der Waals surface area contributed by atoms with Crippen LogP contribution >= 0.6 is 0 Å². The third-order valence-electron chi connectivity index (χ3n) is 5.94. The second-order valence-corrected chi connectivity index (χ2v) is 27.8. The number of carboxylic acids is 2. The van der Waals surface area contributed by atoms with Crippen LogP contribution in [0.3, 0.4) is 0 Å². The molecule has 0 saturated carbocycles. The number of rotatable bonds is 22. The van der Waals surface area contributed by atoms with E-state index in [1.54, 1.807) is 26.6 Å². The fourth-order valence-corrected chi connectivity index (χ4v) is 22.7. The van der Waals surface area contributed by atoms with E-state index in [1.807, 2.05) is 0 Å². The summed E-state index contributed by atoms with van der Waals surface area (Å²) in [6, 6.07) is 0. The molecule has 0 aromatic heterocycles. The fraction of sp³-hybridized carbons (Fsp3) is 0.933. The molecule has 0 aromatic carbocycles. The van der Waals surface area contributed by atoms with E-state index < -0.39 is 51.5 Å². The van der Waals surface area contributed by atoms with Gasteiger partial charge in [0.2, 0.25) is 0 Å². The molecule has 0 heterocycles. The molecule has 38 heavy (non-hydrogen) atoms. The molecule has 0 amide bonds. The minimum atomic E-state index is -0.839. The molecule has 228 valence electrons. The molecule has 0 saturated heterocycles. The van der Waals surface area contributed by atoms with Gasteiger partial charge in [0, 0.05) is 12.8 Å². The van der Waals surface area contributed by atoms with Gasteiger partial charge in [-0.3, -0.25) is 9.59 Å². The average Bonchev–Trinajstić information content (AvgIpc) is 2.89. The van der Waals surface area contributed by atoms with Crippen LogP contribution in [-0.4, -0.2) is 73.2 Å². The predicted octanol–water partition coefficient (Wildman–Crippen LogP) is 9.78. The molecule has 4 nitrogen and oxygen atoms in total. The van der Waals surface area contributed by atoms with Crippen molar-refractivity contribution in [3.8, 4) is 0 Å². The van der Waals surface area contributed by atoms with Gasteiger partial charge in [0.05, 0.1) is 0 Å². The van der Waals surface area contributed by atoms with Crippen LogP contribution in [0.15, 0.2) is 0 Å². The third kappa shape index (κ3) is 50.1. The van der Waals surface area contributed by atoms with Crippen LogP contribution in [0.1, 0.15) is 131 Å². The van der Waals surface area contributed by atoms with Crippen molar-refractivity contribution in [2.45, 2.75) is 158 Å². The first-order chi connectivity index (χ1) is 18.2. The Hall–Kier alpha value is 1.24. The zero-order valence-electron chi connectivity index (χ0n) is 26.1. The number of hydrogen-bond donors (Lipinski definition) is 2. The van der Waals surface area contributed by atoms with E-state index >= 15 is 0 Å². The van der Waals surface area contributed by atoms with Gasteiger partial charge < -0.3 is 35.5 Å². The quantitative estimate of drug-likeness (QED) is 0.0841. The molecule has 0 atom stereocenters. The van der Waals surface area contributed by atoms with E-state index in [2.05, 4.69) is 66.8 Å². The molecule has 0 rings (SSSR count). The SMILES string of the molecule is CCC[CH2][Sn+]([CH2]CCC)[CH2]CCC.CCC[CH2][Sn+]([CH2]CCC)[CH2]CCC.O=C(O)CC[S-].O=C(O)CC[S-]. The predicted molar refractivity (Wildman–Crippen MR) is 179 cm³/mol. The van der Waals surface area contributed by atoms with Gasteiger partial charge in [-0.05, 0) is 0 Å². The van der Waals surface area contributed by atoms with E-state index in [4.69, 9.17) is 10.2 Å². The summed E-state index contributed by atoms with van der Waals surface area (Å²) in [7, 11) is 0. The first kappa shape index (κ1) is 46.2. The topological polar surface area (TPSA) is 74.6 Å². The Morgan fingerprint density at radius 3 is 0.737 bits per heavy atom. The fourth-order valence-electron chi connectivity index (χ4n) is 3.49. The number of carbonyl (C=O) groups is 2. The van der Waals surface area contributed by atoms with Gasteiger partial charge in [0.1, 0.15) is 0 Å². The minimum Gasteiger partial charge on any atom is -0.792 e. The van der Waals surface area contributed by atoms with Gasteiger partial charge in [-0.15, -0.1) is 0 Å². The van der Waals surface area contributed by atoms with Crippen LogP contribution < -0.4 is 0 Å². The standard InChI is InChI=1S/6C4H9.2C3H6O2S.2Sn/c6*1-3-4-2;2*4-3(5)1-2-6;;/h6*1,3-4H2,2H3;2*6H,1-2H2,(H,4,5);;/q;;;;;;;;2*+1/p-2. The van der Waals surface area contributed by atoms with E-state index in [-0.39, 0.29) is 12.8 Å². The summed E-state index contributed by atoms with van der Waals surface area (Å²) in [6.45, 7) is 14.0. The van der Waals surface area contributed by atoms with Crippen LogP contribution in [-0.2, 0) is 34.8 Å². The Morgan fingerprint density at radius 1 is 0.474 bits per heavy atom. The van der Waals surface area contributed by atoms with Gasteiger partial charge in [0.25, 0.3) is 0 Å². The van der Waals surface area contributed by atoms with Crippen LogP contribution in [0, 0.1) is 0 Å². The smallest absolute Gasteiger partial charge is 0.301 e. The van der Waals surface area contributed by atoms with Gasteiger partial charge in [-0.1, -0.05) is 0 Å². The van der Waals surface area contributed by atoms with E-state index in [9.17, 15) is 9.59 Å². The van der Waals surface area contributed by atoms with Gasteiger partial charge in [0.15, 0.2) is 0 Å². The Morgan fingerprint density at radius 2 is 0.658 bits per heavy atom. The van der Waals surface area contributed by atoms with Crippen molar-refractivity contribution in [1.29, 1.82) is 0 Å². The number of aliphatic carboxylic acids is 2. The number of hydrogen-bond acceptors (Lipinski definition) is 4. The minimum absolute atomic E-state index is 0.106. The Bertz CT molecular complexity index is 380. The zero-order valence-corrected chi connectivity index (χ0v) is 33.4. The van der Waals surface area contributed by atoms with Crippen molar-refractivity contribution in [3.63, 3.8) is 0 Å². The van der Waals surface area contributed by atoms with Crippen LogP contribution in [0.2, 0.25) is 26.6 Å². The molecule has 0 unspecified atom stereocenters. The first-order valence-electron chi connectivity index (χ1n) is 15.5. The van der Waals surface area contributed by atoms with Crippen LogP contribution in [0.4, 0.5) is 0 Å². The van der Waals surface area contributed by atoms with Gasteiger partial charge in [-0.2, -0.15) is 11.5 Å². The normalized spacial score (nSPS) is 9.68. The van der Waals surface area contributed by atoms with Crippen molar-refractivity contribution < 1.29 is 19.8 Å². The summed E-state index contributed by atoms with van der Waals surface area (Å²) in [5.41, 5.74) is 0. The summed E-state index contributed by atoms with van der Waals surface area (Å²) in [5, 5.41) is 15.7. The second kappa shape index (κ2) is 42.7. The second-order valence-electron chi connectivity index (χ2n) is 9.82. The molecular weight excluding hydrogens is 726 g/mol. The maximum Gasteiger partial charge on any atom is 0.301 e. The molecule has 0 aliphatic carbocycles. The summed E-state index contributed by atoms with van der Waals surface area (Å²) >= 11 is 7.02. The van der Waals surface area contributed by atoms with Gasteiger partial charge in [-0.25, -0.2) is 0 Å². The molecule has 0 fully saturated rings. The Labute approximate surface area is 264 Å². The van der Waals surface area contributed by atoms with E-state index in [1.165, 1.54) is 77.0 Å². The summed E-state index contributed by atoms with van der Waals surface area (Å²) in [6.07, 6.45) is 17.9. The average molecular weight is 790 g/mol. The van der Waals surface area contributed by atoms with Crippen molar-refractivity contribution >= 4 is 76.7 Å². The van der Waals surface area contributed by atoms with Gasteiger partial charge >= 0.3 is 197 Å². The first-order valence-corrected chi connectivity index (χ1v) is 28.8. The van der Waals surface area contributed by atoms with Crippen LogP contribution in [0.5, 0.6) is 0 Å². The summed E-state index contributed by atoms with van der Waals surface area (Å²) in [5.74, 6) is -1.000. The number of unbranched alkanes of at least 4 members (excludes halogenated alkanes) is 6. The molecule has 0 aromatic rings. The maximum atomic E-state index is 9.53. The molecule has 0 spiro atoms. The molecule has 2 N–H and O–H groups in total. The maximum absolute atomic E-state index is 9.53. The monoisotopic (exact) mass is 792 g/mol. The summed E-state index contributed by atoms with van der Waals surface area (Å²) < 4.78 is 10.1. The molecule has 0 bridgehead atoms. The van der Waals surface area contributed by atoms with Crippen molar-refractivity contribution in [3.05, 3.63) is 0 Å². The molecule has 8 heteroatoms. The van der Waals surface area contributed by atoms with E-state index in [0.717, 1.165) is 0 Å². The molecule has 0 aliphatic rings. The van der Waals surface area contributed by atoms with Crippen molar-refractivity contribution in [2.75, 3.05) is 11.5 Å². The Balaban J connectivity index is -0.000000216. The van der Waals surface area contributed by atoms with Crippen molar-refractivity contribution in [2.24, 2.45) is 0 Å². The largest absolute Gasteiger partial charge is 0.792 e. The molecular formula is C30H64O4S2Sn2. The summed E-state index contributed by atoms with van der Waals surface area (Å²) in [4.78, 5) is 19.1. The molecule has 0 aliphatic heterocycles. The van der Waals surface area contributed by atoms with Crippen molar-refractivity contribution in [1.82, 2.24) is 0 Å². The third-order valence-corrected chi connectivity index (χ3v) is 24.5. The van der Waals surface area contributed by atoms with Crippen LogP contribution in [0.25, 0.3) is 0 Å². The zero-order chi connectivity index (χ0) is 29.9. The number of carboxylic acid groups (broad SMARTS) is 2. The molecule has 0 radical (unpaired) electrons. The van der Waals surface area contributed by atoms with E-state index in [0.29, 0.717) is 11.5 Å². The Kier molecular flexibility index (Phi) is 51.9.